The first-order chi connectivity index (χ1) is 11.6. The molecule has 0 N–H and O–H groups in total. The van der Waals surface area contributed by atoms with Crippen LogP contribution in [-0.4, -0.2) is 77.1 Å². The molecule has 6 heteroatoms. The summed E-state index contributed by atoms with van der Waals surface area (Å²) in [6, 6.07) is 0.782. The van der Waals surface area contributed by atoms with Gasteiger partial charge in [-0.15, -0.1) is 0 Å². The largest absolute Gasteiger partial charge is 0.444 e. The van der Waals surface area contributed by atoms with Gasteiger partial charge in [-0.1, -0.05) is 0 Å². The summed E-state index contributed by atoms with van der Waals surface area (Å²) in [5.74, 6) is 0.298. The summed E-state index contributed by atoms with van der Waals surface area (Å²) in [7, 11) is 0. The lowest BCUT2D eigenvalue weighted by Gasteiger charge is -2.43. The van der Waals surface area contributed by atoms with E-state index in [1.165, 1.54) is 0 Å². The van der Waals surface area contributed by atoms with Crippen molar-refractivity contribution in [3.8, 4) is 0 Å². The predicted octanol–water partition coefficient (Wildman–Crippen LogP) is 2.57. The van der Waals surface area contributed by atoms with E-state index in [2.05, 4.69) is 25.7 Å². The molecule has 0 spiro atoms. The minimum Gasteiger partial charge on any atom is -0.444 e. The van der Waals surface area contributed by atoms with E-state index in [-0.39, 0.29) is 24.0 Å². The Balaban J connectivity index is 1.84. The smallest absolute Gasteiger partial charge is 0.410 e. The van der Waals surface area contributed by atoms with Gasteiger partial charge in [-0.3, -0.25) is 9.69 Å². The lowest BCUT2D eigenvalue weighted by molar-refractivity contribution is -0.142. The van der Waals surface area contributed by atoms with Gasteiger partial charge in [0.1, 0.15) is 5.60 Å². The average Bonchev–Trinajstić information content (AvgIpc) is 2.52. The minimum absolute atomic E-state index is 0.0340. The Morgan fingerprint density at radius 3 is 2.12 bits per heavy atom. The lowest BCUT2D eigenvalue weighted by Crippen LogP contribution is -2.57. The second kappa shape index (κ2) is 7.94. The molecule has 0 aromatic heterocycles. The second-order valence-corrected chi connectivity index (χ2v) is 8.71. The molecular weight excluding hydrogens is 318 g/mol. The van der Waals surface area contributed by atoms with E-state index in [0.29, 0.717) is 19.1 Å². The highest BCUT2D eigenvalue weighted by atomic mass is 16.6. The zero-order valence-corrected chi connectivity index (χ0v) is 16.7. The first kappa shape index (κ1) is 20.0. The van der Waals surface area contributed by atoms with Crippen LogP contribution >= 0.6 is 0 Å². The summed E-state index contributed by atoms with van der Waals surface area (Å²) >= 11 is 0. The van der Waals surface area contributed by atoms with Crippen LogP contribution in [-0.2, 0) is 9.53 Å². The van der Waals surface area contributed by atoms with Crippen LogP contribution < -0.4 is 0 Å². The van der Waals surface area contributed by atoms with Crippen molar-refractivity contribution >= 4 is 12.0 Å². The van der Waals surface area contributed by atoms with Gasteiger partial charge in [-0.25, -0.2) is 4.79 Å². The van der Waals surface area contributed by atoms with Gasteiger partial charge in [0.25, 0.3) is 0 Å². The number of carbonyl (C=O) groups is 2. The van der Waals surface area contributed by atoms with Gasteiger partial charge in [0.15, 0.2) is 0 Å². The summed E-state index contributed by atoms with van der Waals surface area (Å²) in [5, 5.41) is 0. The van der Waals surface area contributed by atoms with Crippen molar-refractivity contribution in [1.82, 2.24) is 14.7 Å². The van der Waals surface area contributed by atoms with Gasteiger partial charge >= 0.3 is 6.09 Å². The highest BCUT2D eigenvalue weighted by molar-refractivity contribution is 5.80. The Labute approximate surface area is 152 Å². The number of nitrogens with zero attached hydrogens (tertiary/aromatic N) is 3. The Kier molecular flexibility index (Phi) is 6.35. The number of carbonyl (C=O) groups excluding carboxylic acids is 2. The van der Waals surface area contributed by atoms with Crippen LogP contribution in [0, 0.1) is 5.92 Å². The summed E-state index contributed by atoms with van der Waals surface area (Å²) in [6.07, 6.45) is 1.20. The highest BCUT2D eigenvalue weighted by Crippen LogP contribution is 2.24. The monoisotopic (exact) mass is 353 g/mol. The molecule has 0 aromatic rings. The van der Waals surface area contributed by atoms with E-state index in [9.17, 15) is 9.59 Å². The first-order valence-corrected chi connectivity index (χ1v) is 9.61. The number of piperidine rings is 1. The van der Waals surface area contributed by atoms with Crippen LogP contribution in [0.1, 0.15) is 54.4 Å². The summed E-state index contributed by atoms with van der Waals surface area (Å²) < 4.78 is 5.43. The third-order valence-corrected chi connectivity index (χ3v) is 5.17. The average molecular weight is 354 g/mol. The molecule has 2 heterocycles. The topological polar surface area (TPSA) is 53.1 Å². The van der Waals surface area contributed by atoms with E-state index in [1.54, 1.807) is 4.90 Å². The predicted molar refractivity (Wildman–Crippen MR) is 98.4 cm³/mol. The molecule has 2 fully saturated rings. The normalized spacial score (nSPS) is 23.9. The van der Waals surface area contributed by atoms with Crippen molar-refractivity contribution in [2.24, 2.45) is 5.92 Å². The fourth-order valence-corrected chi connectivity index (χ4v) is 3.65. The van der Waals surface area contributed by atoms with Crippen molar-refractivity contribution in [3.63, 3.8) is 0 Å². The minimum atomic E-state index is -0.477. The molecular formula is C19H35N3O3. The molecule has 25 heavy (non-hydrogen) atoms. The Hall–Kier alpha value is -1.30. The molecule has 0 unspecified atom stereocenters. The lowest BCUT2D eigenvalue weighted by atomic mass is 9.94. The second-order valence-electron chi connectivity index (χ2n) is 8.71. The van der Waals surface area contributed by atoms with E-state index in [1.807, 2.05) is 25.7 Å². The molecule has 2 rings (SSSR count). The van der Waals surface area contributed by atoms with Crippen LogP contribution in [0.3, 0.4) is 0 Å². The van der Waals surface area contributed by atoms with Crippen LogP contribution in [0.4, 0.5) is 4.79 Å². The fraction of sp³-hybridized carbons (Fsp3) is 0.895. The number of piperazine rings is 1. The number of hydrogen-bond donors (Lipinski definition) is 0. The SMILES string of the molecule is CC(C)N1CCN(C(=O)C2CCN(C(=O)OC(C)(C)C)CC2)[C@@H](C)C1. The molecule has 0 radical (unpaired) electrons. The van der Waals surface area contributed by atoms with Crippen molar-refractivity contribution in [2.75, 3.05) is 32.7 Å². The number of amides is 2. The number of hydrogen-bond acceptors (Lipinski definition) is 4. The van der Waals surface area contributed by atoms with Crippen LogP contribution in [0.5, 0.6) is 0 Å². The maximum atomic E-state index is 12.9. The molecule has 2 aliphatic heterocycles. The van der Waals surface area contributed by atoms with Crippen molar-refractivity contribution in [1.29, 1.82) is 0 Å². The summed E-state index contributed by atoms with van der Waals surface area (Å²) in [5.41, 5.74) is -0.477. The Morgan fingerprint density at radius 2 is 1.64 bits per heavy atom. The number of ether oxygens (including phenoxy) is 1. The number of rotatable bonds is 2. The Morgan fingerprint density at radius 1 is 1.04 bits per heavy atom. The molecule has 2 amide bonds. The molecule has 2 aliphatic rings. The number of likely N-dealkylation sites (tertiary alicyclic amines) is 1. The third-order valence-electron chi connectivity index (χ3n) is 5.17. The molecule has 0 saturated carbocycles. The van der Waals surface area contributed by atoms with Crippen molar-refractivity contribution < 1.29 is 14.3 Å². The van der Waals surface area contributed by atoms with E-state index < -0.39 is 5.60 Å². The van der Waals surface area contributed by atoms with E-state index >= 15 is 0 Å². The summed E-state index contributed by atoms with van der Waals surface area (Å²) in [4.78, 5) is 31.3. The van der Waals surface area contributed by atoms with Gasteiger partial charge in [-0.05, 0) is 54.4 Å². The fourth-order valence-electron chi connectivity index (χ4n) is 3.65. The van der Waals surface area contributed by atoms with Crippen LogP contribution in [0.2, 0.25) is 0 Å². The maximum absolute atomic E-state index is 12.9. The van der Waals surface area contributed by atoms with Gasteiger partial charge in [-0.2, -0.15) is 0 Å². The third kappa shape index (κ3) is 5.33. The molecule has 2 saturated heterocycles. The standard InChI is InChI=1S/C19H35N3O3/c1-14(2)21-11-12-22(15(3)13-21)17(23)16-7-9-20(10-8-16)18(24)25-19(4,5)6/h14-16H,7-13H2,1-6H3/t15-/m0/s1. The molecule has 1 atom stereocenters. The molecule has 144 valence electrons. The first-order valence-electron chi connectivity index (χ1n) is 9.61. The Bertz CT molecular complexity index is 479. The van der Waals surface area contributed by atoms with Gasteiger partial charge in [0.2, 0.25) is 5.91 Å². The van der Waals surface area contributed by atoms with Crippen molar-refractivity contribution in [3.05, 3.63) is 0 Å². The summed E-state index contributed by atoms with van der Waals surface area (Å²) in [6.45, 7) is 16.1. The molecule has 0 aliphatic carbocycles. The zero-order chi connectivity index (χ0) is 18.8. The van der Waals surface area contributed by atoms with E-state index in [4.69, 9.17) is 4.74 Å². The van der Waals surface area contributed by atoms with E-state index in [0.717, 1.165) is 32.5 Å². The van der Waals surface area contributed by atoms with Crippen LogP contribution in [0.25, 0.3) is 0 Å². The maximum Gasteiger partial charge on any atom is 0.410 e. The molecule has 6 nitrogen and oxygen atoms in total. The van der Waals surface area contributed by atoms with Crippen LogP contribution in [0.15, 0.2) is 0 Å². The zero-order valence-electron chi connectivity index (χ0n) is 16.7. The highest BCUT2D eigenvalue weighted by Gasteiger charge is 2.35. The van der Waals surface area contributed by atoms with Gasteiger partial charge in [0.05, 0.1) is 0 Å². The van der Waals surface area contributed by atoms with Gasteiger partial charge in [0, 0.05) is 50.7 Å². The molecule has 0 bridgehead atoms. The van der Waals surface area contributed by atoms with Crippen molar-refractivity contribution in [2.45, 2.75) is 72.1 Å². The van der Waals surface area contributed by atoms with Gasteiger partial charge < -0.3 is 14.5 Å². The quantitative estimate of drug-likeness (QED) is 0.766. The molecule has 0 aromatic carbocycles.